The van der Waals surface area contributed by atoms with Gasteiger partial charge in [0.2, 0.25) is 0 Å². The highest BCUT2D eigenvalue weighted by molar-refractivity contribution is 8.00. The number of aryl methyl sites for hydroxylation is 1. The number of halogens is 1. The SMILES string of the molecule is Cc1cccc(C(=O)ON2C(=O)CSC2c2ccc(F)cc2)c1. The highest BCUT2D eigenvalue weighted by Gasteiger charge is 2.36. The van der Waals surface area contributed by atoms with Crippen molar-refractivity contribution in [1.82, 2.24) is 5.06 Å². The van der Waals surface area contributed by atoms with Gasteiger partial charge in [-0.3, -0.25) is 4.79 Å². The summed E-state index contributed by atoms with van der Waals surface area (Å²) in [5.74, 6) is -1.02. The number of thioether (sulfide) groups is 1. The van der Waals surface area contributed by atoms with E-state index in [9.17, 15) is 14.0 Å². The van der Waals surface area contributed by atoms with Crippen molar-refractivity contribution in [2.24, 2.45) is 0 Å². The van der Waals surface area contributed by atoms with Crippen LogP contribution in [-0.4, -0.2) is 22.7 Å². The van der Waals surface area contributed by atoms with E-state index in [4.69, 9.17) is 4.84 Å². The Hall–Kier alpha value is -2.34. The number of nitrogens with zero attached hydrogens (tertiary/aromatic N) is 1. The molecule has 0 aliphatic carbocycles. The second-order valence-corrected chi connectivity index (χ2v) is 6.25. The standard InChI is InChI=1S/C17H14FNO3S/c1-11-3-2-4-13(9-11)17(21)22-19-15(20)10-23-16(19)12-5-7-14(18)8-6-12/h2-9,16H,10H2,1H3. The fourth-order valence-corrected chi connectivity index (χ4v) is 3.36. The molecule has 1 amide bonds. The van der Waals surface area contributed by atoms with Crippen LogP contribution in [0.3, 0.4) is 0 Å². The van der Waals surface area contributed by atoms with Gasteiger partial charge in [-0.15, -0.1) is 11.8 Å². The molecule has 1 heterocycles. The summed E-state index contributed by atoms with van der Waals surface area (Å²) in [6.07, 6.45) is 0. The van der Waals surface area contributed by atoms with Crippen LogP contribution in [0, 0.1) is 12.7 Å². The normalized spacial score (nSPS) is 17.4. The van der Waals surface area contributed by atoms with Gasteiger partial charge in [0.25, 0.3) is 5.91 Å². The number of carbonyl (C=O) groups is 2. The van der Waals surface area contributed by atoms with Gasteiger partial charge in [-0.2, -0.15) is 5.06 Å². The summed E-state index contributed by atoms with van der Waals surface area (Å²) in [4.78, 5) is 29.5. The average Bonchev–Trinajstić information content (AvgIpc) is 2.89. The highest BCUT2D eigenvalue weighted by Crippen LogP contribution is 2.39. The maximum Gasteiger partial charge on any atom is 0.363 e. The van der Waals surface area contributed by atoms with Gasteiger partial charge in [0.15, 0.2) is 0 Å². The summed E-state index contributed by atoms with van der Waals surface area (Å²) >= 11 is 1.33. The smallest absolute Gasteiger partial charge is 0.331 e. The van der Waals surface area contributed by atoms with E-state index in [1.807, 2.05) is 13.0 Å². The zero-order chi connectivity index (χ0) is 16.4. The molecule has 1 fully saturated rings. The molecule has 0 radical (unpaired) electrons. The van der Waals surface area contributed by atoms with Crippen LogP contribution in [-0.2, 0) is 9.63 Å². The monoisotopic (exact) mass is 331 g/mol. The van der Waals surface area contributed by atoms with Crippen LogP contribution in [0.25, 0.3) is 0 Å². The van der Waals surface area contributed by atoms with Gasteiger partial charge in [0.1, 0.15) is 11.2 Å². The predicted molar refractivity (Wildman–Crippen MR) is 85.0 cm³/mol. The van der Waals surface area contributed by atoms with Crippen LogP contribution in [0.1, 0.15) is 26.9 Å². The van der Waals surface area contributed by atoms with Gasteiger partial charge in [-0.05, 0) is 36.8 Å². The van der Waals surface area contributed by atoms with E-state index in [2.05, 4.69) is 0 Å². The number of rotatable bonds is 3. The Balaban J connectivity index is 1.80. The Labute approximate surface area is 137 Å². The molecule has 1 atom stereocenters. The molecule has 2 aromatic carbocycles. The molecule has 4 nitrogen and oxygen atoms in total. The Kier molecular flexibility index (Phi) is 4.34. The second-order valence-electron chi connectivity index (χ2n) is 5.18. The molecule has 1 aliphatic heterocycles. The summed E-state index contributed by atoms with van der Waals surface area (Å²) in [5.41, 5.74) is 2.02. The third-order valence-corrected chi connectivity index (χ3v) is 4.61. The molecule has 0 spiro atoms. The van der Waals surface area contributed by atoms with E-state index in [0.717, 1.165) is 10.6 Å². The summed E-state index contributed by atoms with van der Waals surface area (Å²) in [7, 11) is 0. The fraction of sp³-hybridized carbons (Fsp3) is 0.176. The van der Waals surface area contributed by atoms with Crippen LogP contribution in [0.2, 0.25) is 0 Å². The van der Waals surface area contributed by atoms with Crippen molar-refractivity contribution in [2.45, 2.75) is 12.3 Å². The maximum atomic E-state index is 13.0. The highest BCUT2D eigenvalue weighted by atomic mass is 32.2. The van der Waals surface area contributed by atoms with Crippen molar-refractivity contribution in [2.75, 3.05) is 5.75 Å². The zero-order valence-corrected chi connectivity index (χ0v) is 13.2. The molecule has 23 heavy (non-hydrogen) atoms. The molecule has 6 heteroatoms. The van der Waals surface area contributed by atoms with Crippen molar-refractivity contribution >= 4 is 23.6 Å². The lowest BCUT2D eigenvalue weighted by Crippen LogP contribution is -2.31. The number of hydrogen-bond acceptors (Lipinski definition) is 4. The lowest BCUT2D eigenvalue weighted by atomic mass is 10.1. The molecule has 1 unspecified atom stereocenters. The Bertz CT molecular complexity index is 748. The van der Waals surface area contributed by atoms with Gasteiger partial charge in [-0.25, -0.2) is 9.18 Å². The first-order chi connectivity index (χ1) is 11.0. The van der Waals surface area contributed by atoms with Gasteiger partial charge >= 0.3 is 5.97 Å². The third-order valence-electron chi connectivity index (χ3n) is 3.41. The van der Waals surface area contributed by atoms with E-state index in [1.165, 1.54) is 23.9 Å². The van der Waals surface area contributed by atoms with Crippen molar-refractivity contribution in [3.8, 4) is 0 Å². The topological polar surface area (TPSA) is 46.6 Å². The molecule has 1 saturated heterocycles. The van der Waals surface area contributed by atoms with Crippen LogP contribution in [0.4, 0.5) is 4.39 Å². The van der Waals surface area contributed by atoms with Crippen LogP contribution < -0.4 is 0 Å². The minimum Gasteiger partial charge on any atom is -0.331 e. The predicted octanol–water partition coefficient (Wildman–Crippen LogP) is 3.48. The van der Waals surface area contributed by atoms with Crippen LogP contribution in [0.15, 0.2) is 48.5 Å². The first kappa shape index (κ1) is 15.6. The Morgan fingerprint density at radius 2 is 2.00 bits per heavy atom. The van der Waals surface area contributed by atoms with Crippen molar-refractivity contribution < 1.29 is 18.8 Å². The average molecular weight is 331 g/mol. The maximum absolute atomic E-state index is 13.0. The molecule has 0 aromatic heterocycles. The Morgan fingerprint density at radius 1 is 1.26 bits per heavy atom. The molecule has 0 bridgehead atoms. The zero-order valence-electron chi connectivity index (χ0n) is 12.4. The Morgan fingerprint density at radius 3 is 2.70 bits per heavy atom. The van der Waals surface area contributed by atoms with E-state index < -0.39 is 11.3 Å². The number of benzene rings is 2. The second kappa shape index (κ2) is 6.42. The van der Waals surface area contributed by atoms with E-state index in [-0.39, 0.29) is 17.5 Å². The van der Waals surface area contributed by atoms with Gasteiger partial charge in [-0.1, -0.05) is 29.8 Å². The molecule has 0 N–H and O–H groups in total. The van der Waals surface area contributed by atoms with E-state index in [1.54, 1.807) is 30.3 Å². The molecule has 1 aliphatic rings. The van der Waals surface area contributed by atoms with E-state index >= 15 is 0 Å². The molecule has 2 aromatic rings. The summed E-state index contributed by atoms with van der Waals surface area (Å²) in [6.45, 7) is 1.87. The van der Waals surface area contributed by atoms with Gasteiger partial charge < -0.3 is 4.84 Å². The number of hydrogen-bond donors (Lipinski definition) is 0. The number of hydroxylamine groups is 2. The summed E-state index contributed by atoms with van der Waals surface area (Å²) in [6, 6.07) is 12.8. The molecule has 118 valence electrons. The van der Waals surface area contributed by atoms with Crippen molar-refractivity contribution in [3.05, 3.63) is 71.0 Å². The van der Waals surface area contributed by atoms with Crippen LogP contribution >= 0.6 is 11.8 Å². The van der Waals surface area contributed by atoms with Crippen molar-refractivity contribution in [1.29, 1.82) is 0 Å². The number of amides is 1. The minimum atomic E-state index is -0.586. The lowest BCUT2D eigenvalue weighted by Gasteiger charge is -2.22. The molecule has 0 saturated carbocycles. The van der Waals surface area contributed by atoms with Crippen molar-refractivity contribution in [3.63, 3.8) is 0 Å². The largest absolute Gasteiger partial charge is 0.363 e. The first-order valence-electron chi connectivity index (χ1n) is 7.03. The first-order valence-corrected chi connectivity index (χ1v) is 8.07. The number of carbonyl (C=O) groups excluding carboxylic acids is 2. The fourth-order valence-electron chi connectivity index (χ4n) is 2.28. The lowest BCUT2D eigenvalue weighted by molar-refractivity contribution is -0.165. The van der Waals surface area contributed by atoms with Gasteiger partial charge in [0.05, 0.1) is 11.3 Å². The quantitative estimate of drug-likeness (QED) is 0.864. The minimum absolute atomic E-state index is 0.211. The van der Waals surface area contributed by atoms with E-state index in [0.29, 0.717) is 11.1 Å². The molecule has 3 rings (SSSR count). The third kappa shape index (κ3) is 3.37. The molecular formula is C17H14FNO3S. The van der Waals surface area contributed by atoms with Crippen LogP contribution in [0.5, 0.6) is 0 Å². The van der Waals surface area contributed by atoms with Gasteiger partial charge in [0, 0.05) is 0 Å². The summed E-state index contributed by atoms with van der Waals surface area (Å²) in [5, 5.41) is 0.611. The summed E-state index contributed by atoms with van der Waals surface area (Å²) < 4.78 is 13.0. The molecular weight excluding hydrogens is 317 g/mol.